The molecule has 0 saturated heterocycles. The topological polar surface area (TPSA) is 127 Å². The minimum Gasteiger partial charge on any atom is -0.365 e. The Morgan fingerprint density at radius 3 is 2.48 bits per heavy atom. The molecule has 29 heavy (non-hydrogen) atoms. The van der Waals surface area contributed by atoms with Crippen molar-refractivity contribution in [1.29, 1.82) is 5.26 Å². The molecule has 0 unspecified atom stereocenters. The van der Waals surface area contributed by atoms with Crippen molar-refractivity contribution in [1.82, 2.24) is 14.5 Å². The number of pyridine rings is 1. The van der Waals surface area contributed by atoms with E-state index in [1.165, 1.54) is 12.4 Å². The van der Waals surface area contributed by atoms with Crippen molar-refractivity contribution in [2.24, 2.45) is 5.73 Å². The molecule has 2 aromatic heterocycles. The largest absolute Gasteiger partial charge is 0.365 e. The number of para-hydroxylation sites is 1. The first kappa shape index (κ1) is 17.9. The van der Waals surface area contributed by atoms with Gasteiger partial charge in [-0.3, -0.25) is 9.59 Å². The number of nitrogens with two attached hydrogens (primary N) is 1. The Morgan fingerprint density at radius 1 is 1.10 bits per heavy atom. The molecule has 0 atom stereocenters. The highest BCUT2D eigenvalue weighted by molar-refractivity contribution is 5.96. The molecule has 140 valence electrons. The Morgan fingerprint density at radius 2 is 1.83 bits per heavy atom. The summed E-state index contributed by atoms with van der Waals surface area (Å²) in [6, 6.07) is 18.0. The summed E-state index contributed by atoms with van der Waals surface area (Å²) in [6.45, 7) is 0. The van der Waals surface area contributed by atoms with Gasteiger partial charge < -0.3 is 15.6 Å². The molecule has 0 bridgehead atoms. The molecular weight excluding hydrogens is 368 g/mol. The number of primary amides is 1. The lowest BCUT2D eigenvalue weighted by Crippen LogP contribution is -2.24. The summed E-state index contributed by atoms with van der Waals surface area (Å²) in [5.74, 6) is -0.556. The molecule has 4 rings (SSSR count). The van der Waals surface area contributed by atoms with Crippen molar-refractivity contribution < 1.29 is 4.79 Å². The van der Waals surface area contributed by atoms with E-state index in [0.717, 1.165) is 0 Å². The molecule has 2 aromatic carbocycles. The zero-order chi connectivity index (χ0) is 20.4. The second kappa shape index (κ2) is 7.25. The number of fused-ring (bicyclic) bond motifs is 1. The minimum atomic E-state index is -0.818. The lowest BCUT2D eigenvalue weighted by Gasteiger charge is -2.13. The highest BCUT2D eigenvalue weighted by Gasteiger charge is 2.16. The number of amides is 1. The van der Waals surface area contributed by atoms with E-state index in [4.69, 9.17) is 11.0 Å². The number of nitrogens with zero attached hydrogens (tertiary/aromatic N) is 4. The number of nitriles is 1. The third-order valence-electron chi connectivity index (χ3n) is 4.31. The predicted molar refractivity (Wildman–Crippen MR) is 108 cm³/mol. The predicted octanol–water partition coefficient (Wildman–Crippen LogP) is 2.49. The van der Waals surface area contributed by atoms with Crippen LogP contribution < -0.4 is 16.5 Å². The number of anilines is 2. The van der Waals surface area contributed by atoms with Crippen LogP contribution in [0.25, 0.3) is 16.7 Å². The Balaban J connectivity index is 1.88. The van der Waals surface area contributed by atoms with Gasteiger partial charge >= 0.3 is 0 Å². The van der Waals surface area contributed by atoms with E-state index >= 15 is 0 Å². The zero-order valence-electron chi connectivity index (χ0n) is 15.0. The molecule has 1 amide bonds. The number of benzene rings is 2. The fraction of sp³-hybridized carbons (Fsp3) is 0. The third-order valence-corrected chi connectivity index (χ3v) is 4.31. The van der Waals surface area contributed by atoms with Crippen molar-refractivity contribution in [2.45, 2.75) is 0 Å². The average molecular weight is 382 g/mol. The summed E-state index contributed by atoms with van der Waals surface area (Å²) in [6.07, 6.45) is 2.75. The first-order chi connectivity index (χ1) is 14.1. The summed E-state index contributed by atoms with van der Waals surface area (Å²) < 4.78 is 1.63. The summed E-state index contributed by atoms with van der Waals surface area (Å²) in [7, 11) is 0. The fourth-order valence-electron chi connectivity index (χ4n) is 2.89. The number of nitrogens with one attached hydrogen (secondary N) is 1. The lowest BCUT2D eigenvalue weighted by atomic mass is 10.2. The van der Waals surface area contributed by atoms with Gasteiger partial charge in [-0.2, -0.15) is 10.2 Å². The van der Waals surface area contributed by atoms with E-state index in [2.05, 4.69) is 21.4 Å². The second-order valence-corrected chi connectivity index (χ2v) is 6.19. The van der Waals surface area contributed by atoms with Crippen LogP contribution in [-0.2, 0) is 0 Å². The maximum atomic E-state index is 12.6. The van der Waals surface area contributed by atoms with Gasteiger partial charge in [0.15, 0.2) is 5.65 Å². The van der Waals surface area contributed by atoms with Gasteiger partial charge in [0.25, 0.3) is 5.91 Å². The van der Waals surface area contributed by atoms with Crippen LogP contribution in [0.5, 0.6) is 0 Å². The van der Waals surface area contributed by atoms with Crippen LogP contribution >= 0.6 is 0 Å². The molecule has 8 nitrogen and oxygen atoms in total. The van der Waals surface area contributed by atoms with Gasteiger partial charge in [-0.25, -0.2) is 4.98 Å². The van der Waals surface area contributed by atoms with Gasteiger partial charge in [-0.1, -0.05) is 18.2 Å². The monoisotopic (exact) mass is 382 g/mol. The number of carbonyl (C=O) groups excluding carboxylic acids is 1. The number of hydrogen-bond donors (Lipinski definition) is 2. The Hall–Kier alpha value is -4.51. The van der Waals surface area contributed by atoms with E-state index in [1.807, 2.05) is 30.3 Å². The van der Waals surface area contributed by atoms with Crippen LogP contribution in [0.15, 0.2) is 71.8 Å². The SMILES string of the molecule is N#Cc1ccc(Nc2ncc3c(=O)c(C(N)=O)cn(-c4ccccc4)c3n2)cc1. The van der Waals surface area contributed by atoms with Gasteiger partial charge in [-0.15, -0.1) is 0 Å². The number of rotatable bonds is 4. The van der Waals surface area contributed by atoms with Crippen LogP contribution in [-0.4, -0.2) is 20.4 Å². The smallest absolute Gasteiger partial charge is 0.254 e. The van der Waals surface area contributed by atoms with Gasteiger partial charge in [0.05, 0.1) is 17.0 Å². The number of hydrogen-bond acceptors (Lipinski definition) is 6. The molecule has 3 N–H and O–H groups in total. The van der Waals surface area contributed by atoms with Crippen LogP contribution in [0.4, 0.5) is 11.6 Å². The van der Waals surface area contributed by atoms with E-state index < -0.39 is 11.3 Å². The lowest BCUT2D eigenvalue weighted by molar-refractivity contribution is 0.0999. The van der Waals surface area contributed by atoms with Crippen LogP contribution in [0.2, 0.25) is 0 Å². The van der Waals surface area contributed by atoms with E-state index in [0.29, 0.717) is 22.6 Å². The standard InChI is InChI=1S/C21H14N6O2/c22-10-13-6-8-14(9-7-13)25-21-24-11-16-18(28)17(19(23)29)12-27(20(16)26-21)15-4-2-1-3-5-15/h1-9,11-12H,(H2,23,29)(H,24,25,26). The van der Waals surface area contributed by atoms with Crippen LogP contribution in [0, 0.1) is 11.3 Å². The maximum absolute atomic E-state index is 12.6. The fourth-order valence-corrected chi connectivity index (χ4v) is 2.89. The number of aromatic nitrogens is 3. The maximum Gasteiger partial charge on any atom is 0.254 e. The van der Waals surface area contributed by atoms with Crippen molar-refractivity contribution >= 4 is 28.6 Å². The minimum absolute atomic E-state index is 0.141. The molecule has 0 saturated carbocycles. The Kier molecular flexibility index (Phi) is 4.47. The molecule has 0 fully saturated rings. The molecule has 0 aliphatic heterocycles. The molecule has 0 aliphatic carbocycles. The van der Waals surface area contributed by atoms with E-state index in [9.17, 15) is 9.59 Å². The van der Waals surface area contributed by atoms with Crippen LogP contribution in [0.1, 0.15) is 15.9 Å². The summed E-state index contributed by atoms with van der Waals surface area (Å²) in [5, 5.41) is 12.1. The van der Waals surface area contributed by atoms with Gasteiger partial charge in [-0.05, 0) is 36.4 Å². The van der Waals surface area contributed by atoms with Crippen molar-refractivity contribution in [3.63, 3.8) is 0 Å². The first-order valence-electron chi connectivity index (χ1n) is 8.61. The normalized spacial score (nSPS) is 10.4. The molecule has 0 aliphatic rings. The van der Waals surface area contributed by atoms with Gasteiger partial charge in [0.2, 0.25) is 11.4 Å². The molecule has 0 spiro atoms. The zero-order valence-corrected chi connectivity index (χ0v) is 15.0. The molecule has 0 radical (unpaired) electrons. The quantitative estimate of drug-likeness (QED) is 0.558. The Labute approximate surface area is 164 Å². The first-order valence-corrected chi connectivity index (χ1v) is 8.61. The highest BCUT2D eigenvalue weighted by Crippen LogP contribution is 2.19. The van der Waals surface area contributed by atoms with Gasteiger partial charge in [0.1, 0.15) is 5.56 Å². The summed E-state index contributed by atoms with van der Waals surface area (Å²) >= 11 is 0. The second-order valence-electron chi connectivity index (χ2n) is 6.19. The van der Waals surface area contributed by atoms with E-state index in [1.54, 1.807) is 28.8 Å². The van der Waals surface area contributed by atoms with Crippen molar-refractivity contribution in [2.75, 3.05) is 5.32 Å². The molecular formula is C21H14N6O2. The van der Waals surface area contributed by atoms with Crippen molar-refractivity contribution in [3.8, 4) is 11.8 Å². The summed E-state index contributed by atoms with van der Waals surface area (Å²) in [5.41, 5.74) is 6.98. The highest BCUT2D eigenvalue weighted by atomic mass is 16.2. The number of carbonyl (C=O) groups is 1. The molecule has 4 aromatic rings. The molecule has 8 heteroatoms. The van der Waals surface area contributed by atoms with Crippen molar-refractivity contribution in [3.05, 3.63) is 88.3 Å². The third kappa shape index (κ3) is 3.40. The van der Waals surface area contributed by atoms with Crippen LogP contribution in [0.3, 0.4) is 0 Å². The van der Waals surface area contributed by atoms with E-state index in [-0.39, 0.29) is 16.9 Å². The van der Waals surface area contributed by atoms with Gasteiger partial charge in [0, 0.05) is 23.8 Å². The molecule has 2 heterocycles. The Bertz CT molecular complexity index is 1320. The summed E-state index contributed by atoms with van der Waals surface area (Å²) in [4.78, 5) is 33.1. The average Bonchev–Trinajstić information content (AvgIpc) is 2.75.